The van der Waals surface area contributed by atoms with Gasteiger partial charge in [-0.2, -0.15) is 0 Å². The number of carbonyl (C=O) groups excluding carboxylic acids is 1. The van der Waals surface area contributed by atoms with Crippen molar-refractivity contribution in [3.8, 4) is 5.75 Å². The lowest BCUT2D eigenvalue weighted by Gasteiger charge is -1.95. The monoisotopic (exact) mass is 260 g/mol. The molecule has 98 valence electrons. The zero-order valence-electron chi connectivity index (χ0n) is 9.85. The number of amides is 1. The Labute approximate surface area is 109 Å². The fraction of sp³-hybridized carbons (Fsp3) is 0. The first-order valence-corrected chi connectivity index (χ1v) is 5.24. The van der Waals surface area contributed by atoms with E-state index in [9.17, 15) is 9.59 Å². The molecule has 0 bridgehead atoms. The molecule has 1 heterocycles. The van der Waals surface area contributed by atoms with E-state index in [-0.39, 0.29) is 11.3 Å². The quantitative estimate of drug-likeness (QED) is 0.752. The van der Waals surface area contributed by atoms with Crippen LogP contribution in [0.1, 0.15) is 20.8 Å². The zero-order valence-corrected chi connectivity index (χ0v) is 9.85. The average molecular weight is 260 g/mol. The summed E-state index contributed by atoms with van der Waals surface area (Å²) in [6.45, 7) is 0. The van der Waals surface area contributed by atoms with Crippen molar-refractivity contribution in [3.63, 3.8) is 0 Å². The van der Waals surface area contributed by atoms with Crippen LogP contribution in [0.15, 0.2) is 48.7 Å². The minimum absolute atomic E-state index is 0.0671. The van der Waals surface area contributed by atoms with E-state index < -0.39 is 11.9 Å². The van der Waals surface area contributed by atoms with Crippen LogP contribution in [0.25, 0.3) is 0 Å². The summed E-state index contributed by atoms with van der Waals surface area (Å²) >= 11 is 0. The number of carboxylic acids is 1. The van der Waals surface area contributed by atoms with Gasteiger partial charge in [-0.25, -0.2) is 4.79 Å². The molecule has 0 saturated heterocycles. The van der Waals surface area contributed by atoms with Crippen molar-refractivity contribution >= 4 is 11.9 Å². The average Bonchev–Trinajstić information content (AvgIpc) is 2.40. The highest BCUT2D eigenvalue weighted by Gasteiger charge is 2.05. The second kappa shape index (κ2) is 6.75. The summed E-state index contributed by atoms with van der Waals surface area (Å²) in [7, 11) is 0. The van der Waals surface area contributed by atoms with Crippen LogP contribution in [0.3, 0.4) is 0 Å². The fourth-order valence-corrected chi connectivity index (χ4v) is 1.16. The van der Waals surface area contributed by atoms with Gasteiger partial charge in [0, 0.05) is 6.20 Å². The molecule has 2 aromatic rings. The number of para-hydroxylation sites is 1. The molecule has 0 aliphatic rings. The SMILES string of the molecule is NC(=O)c1ccccn1.O=C(O)c1ccccc1O. The van der Waals surface area contributed by atoms with Gasteiger partial charge in [0.05, 0.1) is 0 Å². The largest absolute Gasteiger partial charge is 0.507 e. The minimum atomic E-state index is -1.11. The van der Waals surface area contributed by atoms with Gasteiger partial charge in [-0.1, -0.05) is 18.2 Å². The predicted octanol–water partition coefficient (Wildman–Crippen LogP) is 1.27. The molecule has 0 spiro atoms. The minimum Gasteiger partial charge on any atom is -0.507 e. The van der Waals surface area contributed by atoms with Crippen molar-refractivity contribution in [3.05, 3.63) is 59.9 Å². The molecule has 0 unspecified atom stereocenters. The number of rotatable bonds is 2. The second-order valence-electron chi connectivity index (χ2n) is 3.40. The molecule has 4 N–H and O–H groups in total. The summed E-state index contributed by atoms with van der Waals surface area (Å²) in [4.78, 5) is 24.3. The molecular formula is C13H12N2O4. The molecule has 6 heteroatoms. The third kappa shape index (κ3) is 4.47. The van der Waals surface area contributed by atoms with Gasteiger partial charge in [-0.05, 0) is 24.3 Å². The fourth-order valence-electron chi connectivity index (χ4n) is 1.16. The van der Waals surface area contributed by atoms with Gasteiger partial charge in [-0.3, -0.25) is 9.78 Å². The van der Waals surface area contributed by atoms with Crippen LogP contribution in [0, 0.1) is 0 Å². The third-order valence-electron chi connectivity index (χ3n) is 2.05. The number of aromatic carboxylic acids is 1. The van der Waals surface area contributed by atoms with Crippen LogP contribution >= 0.6 is 0 Å². The van der Waals surface area contributed by atoms with E-state index in [1.807, 2.05) is 0 Å². The molecule has 0 aliphatic carbocycles. The van der Waals surface area contributed by atoms with E-state index in [1.165, 1.54) is 18.3 Å². The molecule has 0 fully saturated rings. The molecule has 1 aromatic heterocycles. The Bertz CT molecular complexity index is 570. The van der Waals surface area contributed by atoms with Gasteiger partial charge in [-0.15, -0.1) is 0 Å². The topological polar surface area (TPSA) is 114 Å². The van der Waals surface area contributed by atoms with Crippen molar-refractivity contribution in [2.24, 2.45) is 5.73 Å². The van der Waals surface area contributed by atoms with Gasteiger partial charge < -0.3 is 15.9 Å². The third-order valence-corrected chi connectivity index (χ3v) is 2.05. The van der Waals surface area contributed by atoms with Crippen LogP contribution in [-0.2, 0) is 0 Å². The van der Waals surface area contributed by atoms with Crippen LogP contribution in [0.4, 0.5) is 0 Å². The number of hydrogen-bond donors (Lipinski definition) is 3. The molecule has 0 saturated carbocycles. The molecule has 0 atom stereocenters. The van der Waals surface area contributed by atoms with E-state index in [1.54, 1.807) is 30.3 Å². The van der Waals surface area contributed by atoms with E-state index >= 15 is 0 Å². The maximum atomic E-state index is 10.4. The standard InChI is InChI=1S/C7H6O3.C6H6N2O/c8-6-4-2-1-3-5(6)7(9)10;7-6(9)5-3-1-2-4-8-5/h1-4,8H,(H,9,10);1-4H,(H2,7,9). The Morgan fingerprint density at radius 3 is 2.05 bits per heavy atom. The maximum absolute atomic E-state index is 10.4. The van der Waals surface area contributed by atoms with Crippen molar-refractivity contribution in [1.29, 1.82) is 0 Å². The van der Waals surface area contributed by atoms with Crippen molar-refractivity contribution in [2.45, 2.75) is 0 Å². The summed E-state index contributed by atoms with van der Waals surface area (Å²) in [5.41, 5.74) is 5.15. The number of carboxylic acid groups (broad SMARTS) is 1. The first-order valence-electron chi connectivity index (χ1n) is 5.24. The summed E-state index contributed by atoms with van der Waals surface area (Å²) in [5.74, 6) is -1.80. The molecule has 2 rings (SSSR count). The van der Waals surface area contributed by atoms with E-state index in [4.69, 9.17) is 15.9 Å². The first-order chi connectivity index (χ1) is 9.02. The van der Waals surface area contributed by atoms with Gasteiger partial charge in [0.15, 0.2) is 0 Å². The maximum Gasteiger partial charge on any atom is 0.339 e. The highest BCUT2D eigenvalue weighted by atomic mass is 16.4. The smallest absolute Gasteiger partial charge is 0.339 e. The number of nitrogens with zero attached hydrogens (tertiary/aromatic N) is 1. The molecule has 1 aromatic carbocycles. The Morgan fingerprint density at radius 2 is 1.68 bits per heavy atom. The van der Waals surface area contributed by atoms with Gasteiger partial charge >= 0.3 is 5.97 Å². The van der Waals surface area contributed by atoms with Crippen LogP contribution in [-0.4, -0.2) is 27.1 Å². The van der Waals surface area contributed by atoms with Crippen LogP contribution in [0.2, 0.25) is 0 Å². The number of aromatic nitrogens is 1. The van der Waals surface area contributed by atoms with Crippen LogP contribution < -0.4 is 5.73 Å². The number of hydrogen-bond acceptors (Lipinski definition) is 4. The van der Waals surface area contributed by atoms with Crippen molar-refractivity contribution in [2.75, 3.05) is 0 Å². The Balaban J connectivity index is 0.000000191. The lowest BCUT2D eigenvalue weighted by molar-refractivity contribution is 0.0693. The number of nitrogens with two attached hydrogens (primary N) is 1. The van der Waals surface area contributed by atoms with Crippen LogP contribution in [0.5, 0.6) is 5.75 Å². The van der Waals surface area contributed by atoms with Crippen molar-refractivity contribution < 1.29 is 19.8 Å². The number of phenols is 1. The highest BCUT2D eigenvalue weighted by Crippen LogP contribution is 2.14. The summed E-state index contributed by atoms with van der Waals surface area (Å²) in [6, 6.07) is 10.8. The molecule has 0 radical (unpaired) electrons. The Morgan fingerprint density at radius 1 is 1.05 bits per heavy atom. The molecule has 0 aliphatic heterocycles. The zero-order chi connectivity index (χ0) is 14.3. The number of pyridine rings is 1. The summed E-state index contributed by atoms with van der Waals surface area (Å²) in [6.07, 6.45) is 1.53. The normalized spacial score (nSPS) is 9.05. The van der Waals surface area contributed by atoms with Gasteiger partial charge in [0.1, 0.15) is 17.0 Å². The Hall–Kier alpha value is -2.89. The van der Waals surface area contributed by atoms with Gasteiger partial charge in [0.2, 0.25) is 0 Å². The lowest BCUT2D eigenvalue weighted by Crippen LogP contribution is -2.12. The number of aromatic hydroxyl groups is 1. The number of primary amides is 1. The summed E-state index contributed by atoms with van der Waals surface area (Å²) < 4.78 is 0. The van der Waals surface area contributed by atoms with E-state index in [2.05, 4.69) is 4.98 Å². The highest BCUT2D eigenvalue weighted by molar-refractivity contribution is 5.90. The predicted molar refractivity (Wildman–Crippen MR) is 67.8 cm³/mol. The van der Waals surface area contributed by atoms with Gasteiger partial charge in [0.25, 0.3) is 5.91 Å². The molecule has 1 amide bonds. The van der Waals surface area contributed by atoms with E-state index in [0.29, 0.717) is 5.69 Å². The van der Waals surface area contributed by atoms with E-state index in [0.717, 1.165) is 0 Å². The molecule has 19 heavy (non-hydrogen) atoms. The molecular weight excluding hydrogens is 248 g/mol. The van der Waals surface area contributed by atoms with Crippen molar-refractivity contribution in [1.82, 2.24) is 4.98 Å². The number of benzene rings is 1. The molecule has 6 nitrogen and oxygen atoms in total. The number of carbonyl (C=O) groups is 2. The summed E-state index contributed by atoms with van der Waals surface area (Å²) in [5, 5.41) is 17.3. The second-order valence-corrected chi connectivity index (χ2v) is 3.40. The Kier molecular flexibility index (Phi) is 5.04. The first kappa shape index (κ1) is 14.2. The lowest BCUT2D eigenvalue weighted by atomic mass is 10.2.